The first-order valence-electron chi connectivity index (χ1n) is 5.45. The smallest absolute Gasteiger partial charge is 0.184 e. The van der Waals surface area contributed by atoms with Crippen molar-refractivity contribution in [1.29, 1.82) is 5.26 Å². The number of nitrogen functional groups attached to an aromatic ring is 1. The normalized spacial score (nSPS) is 10.9. The van der Waals surface area contributed by atoms with Crippen LogP contribution in [0.2, 0.25) is 0 Å². The van der Waals surface area contributed by atoms with E-state index in [1.165, 1.54) is 18.3 Å². The lowest BCUT2D eigenvalue weighted by molar-refractivity contribution is 0.595. The molecule has 6 heteroatoms. The largest absolute Gasteiger partial charge is 0.398 e. The molecule has 2 rings (SSSR count). The maximum absolute atomic E-state index is 12.2. The maximum Gasteiger partial charge on any atom is 0.184 e. The SMILES string of the molecule is N#Cc1cc(CS(=O)(=O)c2ccccc2N)ccn1. The van der Waals surface area contributed by atoms with Gasteiger partial charge in [0, 0.05) is 6.20 Å². The first kappa shape index (κ1) is 13.1. The first-order valence-corrected chi connectivity index (χ1v) is 7.10. The molecule has 0 spiro atoms. The predicted octanol–water partition coefficient (Wildman–Crippen LogP) is 1.51. The minimum atomic E-state index is -3.53. The van der Waals surface area contributed by atoms with Crippen LogP contribution in [-0.2, 0) is 15.6 Å². The van der Waals surface area contributed by atoms with Gasteiger partial charge in [0.2, 0.25) is 0 Å². The fraction of sp³-hybridized carbons (Fsp3) is 0.0769. The Morgan fingerprint density at radius 3 is 2.68 bits per heavy atom. The molecular formula is C13H11N3O2S. The molecule has 2 aromatic rings. The highest BCUT2D eigenvalue weighted by atomic mass is 32.2. The third-order valence-corrected chi connectivity index (χ3v) is 4.30. The van der Waals surface area contributed by atoms with E-state index in [1.54, 1.807) is 24.3 Å². The van der Waals surface area contributed by atoms with Crippen LogP contribution in [0.5, 0.6) is 0 Å². The Balaban J connectivity index is 2.37. The topological polar surface area (TPSA) is 96.8 Å². The monoisotopic (exact) mass is 273 g/mol. The van der Waals surface area contributed by atoms with Crippen LogP contribution in [0.3, 0.4) is 0 Å². The molecule has 2 N–H and O–H groups in total. The van der Waals surface area contributed by atoms with Gasteiger partial charge in [-0.25, -0.2) is 13.4 Å². The summed E-state index contributed by atoms with van der Waals surface area (Å²) in [6, 6.07) is 11.2. The summed E-state index contributed by atoms with van der Waals surface area (Å²) in [5.74, 6) is -0.210. The van der Waals surface area contributed by atoms with Crippen LogP contribution in [0, 0.1) is 11.3 Å². The van der Waals surface area contributed by atoms with E-state index >= 15 is 0 Å². The van der Waals surface area contributed by atoms with E-state index in [4.69, 9.17) is 11.0 Å². The molecule has 1 heterocycles. The number of nitrogens with two attached hydrogens (primary N) is 1. The number of para-hydroxylation sites is 1. The Morgan fingerprint density at radius 1 is 1.26 bits per heavy atom. The number of rotatable bonds is 3. The summed E-state index contributed by atoms with van der Waals surface area (Å²) < 4.78 is 24.5. The van der Waals surface area contributed by atoms with E-state index in [1.807, 2.05) is 6.07 Å². The van der Waals surface area contributed by atoms with Crippen LogP contribution < -0.4 is 5.73 Å². The number of hydrogen-bond acceptors (Lipinski definition) is 5. The van der Waals surface area contributed by atoms with Gasteiger partial charge >= 0.3 is 0 Å². The average Bonchev–Trinajstić information content (AvgIpc) is 2.38. The number of benzene rings is 1. The van der Waals surface area contributed by atoms with Gasteiger partial charge in [-0.2, -0.15) is 5.26 Å². The highest BCUT2D eigenvalue weighted by Gasteiger charge is 2.18. The molecule has 0 aliphatic carbocycles. The van der Waals surface area contributed by atoms with Crippen molar-refractivity contribution in [3.63, 3.8) is 0 Å². The second kappa shape index (κ2) is 5.08. The fourth-order valence-corrected chi connectivity index (χ4v) is 3.17. The lowest BCUT2D eigenvalue weighted by atomic mass is 10.2. The summed E-state index contributed by atoms with van der Waals surface area (Å²) in [5, 5.41) is 8.74. The van der Waals surface area contributed by atoms with Gasteiger partial charge in [0.15, 0.2) is 9.84 Å². The van der Waals surface area contributed by atoms with Crippen LogP contribution in [0.25, 0.3) is 0 Å². The van der Waals surface area contributed by atoms with Crippen LogP contribution in [0.1, 0.15) is 11.3 Å². The minimum Gasteiger partial charge on any atom is -0.398 e. The van der Waals surface area contributed by atoms with E-state index < -0.39 is 9.84 Å². The highest BCUT2D eigenvalue weighted by molar-refractivity contribution is 7.90. The molecule has 0 aliphatic rings. The summed E-state index contributed by atoms with van der Waals surface area (Å²) in [4.78, 5) is 3.90. The van der Waals surface area contributed by atoms with Crippen molar-refractivity contribution < 1.29 is 8.42 Å². The first-order chi connectivity index (χ1) is 9.03. The number of nitriles is 1. The van der Waals surface area contributed by atoms with Crippen molar-refractivity contribution in [3.05, 3.63) is 53.9 Å². The van der Waals surface area contributed by atoms with E-state index in [2.05, 4.69) is 4.98 Å². The van der Waals surface area contributed by atoms with Gasteiger partial charge in [-0.3, -0.25) is 0 Å². The van der Waals surface area contributed by atoms with Crippen molar-refractivity contribution in [2.45, 2.75) is 10.6 Å². The summed E-state index contributed by atoms with van der Waals surface area (Å²) in [5.41, 5.74) is 6.59. The van der Waals surface area contributed by atoms with Gasteiger partial charge in [0.1, 0.15) is 11.8 Å². The second-order valence-corrected chi connectivity index (χ2v) is 5.92. The summed E-state index contributed by atoms with van der Waals surface area (Å²) in [7, 11) is -3.53. The molecule has 1 aromatic carbocycles. The summed E-state index contributed by atoms with van der Waals surface area (Å²) in [6.07, 6.45) is 1.41. The molecule has 0 aliphatic heterocycles. The lowest BCUT2D eigenvalue weighted by Gasteiger charge is -2.07. The molecule has 0 fully saturated rings. The number of hydrogen-bond donors (Lipinski definition) is 1. The van der Waals surface area contributed by atoms with Gasteiger partial charge in [-0.15, -0.1) is 0 Å². The van der Waals surface area contributed by atoms with E-state index in [0.717, 1.165) is 0 Å². The van der Waals surface area contributed by atoms with E-state index in [-0.39, 0.29) is 22.0 Å². The molecule has 0 atom stereocenters. The zero-order chi connectivity index (χ0) is 13.9. The molecule has 0 bridgehead atoms. The molecule has 0 unspecified atom stereocenters. The molecule has 0 amide bonds. The number of aromatic nitrogens is 1. The average molecular weight is 273 g/mol. The summed E-state index contributed by atoms with van der Waals surface area (Å²) >= 11 is 0. The van der Waals surface area contributed by atoms with Crippen LogP contribution >= 0.6 is 0 Å². The number of anilines is 1. The third-order valence-electron chi connectivity index (χ3n) is 2.55. The highest BCUT2D eigenvalue weighted by Crippen LogP contribution is 2.22. The van der Waals surface area contributed by atoms with Crippen molar-refractivity contribution >= 4 is 15.5 Å². The van der Waals surface area contributed by atoms with Crippen molar-refractivity contribution in [2.24, 2.45) is 0 Å². The quantitative estimate of drug-likeness (QED) is 0.855. The molecule has 0 saturated heterocycles. The van der Waals surface area contributed by atoms with Gasteiger partial charge in [0.25, 0.3) is 0 Å². The molecule has 0 radical (unpaired) electrons. The standard InChI is InChI=1S/C13H11N3O2S/c14-8-11-7-10(5-6-16-11)9-19(17,18)13-4-2-1-3-12(13)15/h1-7H,9,15H2. The Morgan fingerprint density at radius 2 is 2.00 bits per heavy atom. The van der Waals surface area contributed by atoms with E-state index in [9.17, 15) is 8.42 Å². The third kappa shape index (κ3) is 2.89. The van der Waals surface area contributed by atoms with Crippen molar-refractivity contribution in [1.82, 2.24) is 4.98 Å². The molecule has 1 aromatic heterocycles. The zero-order valence-electron chi connectivity index (χ0n) is 9.95. The zero-order valence-corrected chi connectivity index (χ0v) is 10.8. The molecule has 5 nitrogen and oxygen atoms in total. The van der Waals surface area contributed by atoms with Crippen LogP contribution in [-0.4, -0.2) is 13.4 Å². The molecule has 19 heavy (non-hydrogen) atoms. The van der Waals surface area contributed by atoms with Crippen molar-refractivity contribution in [2.75, 3.05) is 5.73 Å². The maximum atomic E-state index is 12.2. The minimum absolute atomic E-state index is 0.102. The van der Waals surface area contributed by atoms with Gasteiger partial charge in [-0.1, -0.05) is 12.1 Å². The second-order valence-electron chi connectivity index (χ2n) is 3.96. The van der Waals surface area contributed by atoms with Gasteiger partial charge in [0.05, 0.1) is 16.3 Å². The Kier molecular flexibility index (Phi) is 3.49. The summed E-state index contributed by atoms with van der Waals surface area (Å²) in [6.45, 7) is 0. The molecule has 96 valence electrons. The van der Waals surface area contributed by atoms with Crippen LogP contribution in [0.15, 0.2) is 47.5 Å². The number of sulfone groups is 1. The predicted molar refractivity (Wildman–Crippen MR) is 70.7 cm³/mol. The Hall–Kier alpha value is -2.39. The number of nitrogens with zero attached hydrogens (tertiary/aromatic N) is 2. The van der Waals surface area contributed by atoms with E-state index in [0.29, 0.717) is 5.56 Å². The fourth-order valence-electron chi connectivity index (χ4n) is 1.69. The molecule has 0 saturated carbocycles. The Bertz CT molecular complexity index is 748. The van der Waals surface area contributed by atoms with Crippen molar-refractivity contribution in [3.8, 4) is 6.07 Å². The van der Waals surface area contributed by atoms with Crippen LogP contribution in [0.4, 0.5) is 5.69 Å². The van der Waals surface area contributed by atoms with Gasteiger partial charge in [-0.05, 0) is 29.8 Å². The Labute approximate surface area is 111 Å². The lowest BCUT2D eigenvalue weighted by Crippen LogP contribution is -2.08. The number of pyridine rings is 1. The molecular weight excluding hydrogens is 262 g/mol. The van der Waals surface area contributed by atoms with Gasteiger partial charge < -0.3 is 5.73 Å².